The summed E-state index contributed by atoms with van der Waals surface area (Å²) in [6, 6.07) is 38.6. The molecular formula is C38H30N4O4. The minimum Gasteiger partial charge on any atom is -0.870 e. The summed E-state index contributed by atoms with van der Waals surface area (Å²) >= 11 is 0. The summed E-state index contributed by atoms with van der Waals surface area (Å²) in [7, 11) is 2.98. The van der Waals surface area contributed by atoms with Crippen molar-refractivity contribution in [3.05, 3.63) is 121 Å². The Labute approximate surface area is 265 Å². The van der Waals surface area contributed by atoms with Crippen molar-refractivity contribution in [3.8, 4) is 90.8 Å². The van der Waals surface area contributed by atoms with E-state index in [4.69, 9.17) is 9.47 Å². The van der Waals surface area contributed by atoms with Crippen LogP contribution in [-0.4, -0.2) is 24.2 Å². The number of H-pyrrole nitrogens is 4. The molecule has 0 aliphatic heterocycles. The molecule has 7 aromatic rings. The van der Waals surface area contributed by atoms with E-state index in [0.29, 0.717) is 23.1 Å². The zero-order chi connectivity index (χ0) is 31.6. The van der Waals surface area contributed by atoms with E-state index in [1.54, 1.807) is 24.3 Å². The minimum absolute atomic E-state index is 0.187. The molecule has 226 valence electrons. The highest BCUT2D eigenvalue weighted by molar-refractivity contribution is 5.82. The molecule has 0 fully saturated rings. The number of nitrogens with one attached hydrogen (secondary N) is 4. The van der Waals surface area contributed by atoms with Crippen LogP contribution in [0.25, 0.3) is 67.8 Å². The summed E-state index contributed by atoms with van der Waals surface area (Å²) in [6.07, 6.45) is 0. The van der Waals surface area contributed by atoms with Crippen molar-refractivity contribution in [2.75, 3.05) is 14.2 Å². The predicted molar refractivity (Wildman–Crippen MR) is 173 cm³/mol. The molecule has 0 radical (unpaired) electrons. The van der Waals surface area contributed by atoms with Gasteiger partial charge in [0.15, 0.2) is 22.8 Å². The lowest BCUT2D eigenvalue weighted by atomic mass is 10.0. The highest BCUT2D eigenvalue weighted by Crippen LogP contribution is 2.36. The zero-order valence-corrected chi connectivity index (χ0v) is 25.2. The van der Waals surface area contributed by atoms with Gasteiger partial charge in [-0.05, 0) is 48.5 Å². The molecule has 8 heteroatoms. The average Bonchev–Trinajstić information content (AvgIpc) is 3.75. The third kappa shape index (κ3) is 5.33. The van der Waals surface area contributed by atoms with E-state index in [9.17, 15) is 10.2 Å². The molecule has 0 saturated heterocycles. The molecule has 0 aliphatic carbocycles. The highest BCUT2D eigenvalue weighted by atomic mass is 16.5. The number of benzene rings is 5. The van der Waals surface area contributed by atoms with Gasteiger partial charge in [-0.3, -0.25) is 0 Å². The second kappa shape index (κ2) is 12.0. The molecule has 0 unspecified atom stereocenters. The van der Waals surface area contributed by atoms with E-state index in [2.05, 4.69) is 44.2 Å². The van der Waals surface area contributed by atoms with Crippen LogP contribution in [-0.2, 0) is 0 Å². The summed E-state index contributed by atoms with van der Waals surface area (Å²) in [6.45, 7) is 0. The first-order valence-electron chi connectivity index (χ1n) is 14.8. The molecule has 0 bridgehead atoms. The first kappa shape index (κ1) is 28.5. The Balaban J connectivity index is 1.31. The lowest BCUT2D eigenvalue weighted by molar-refractivity contribution is -0.349. The van der Waals surface area contributed by atoms with E-state index < -0.39 is 0 Å². The first-order valence-corrected chi connectivity index (χ1v) is 14.8. The van der Waals surface area contributed by atoms with Gasteiger partial charge >= 0.3 is 0 Å². The van der Waals surface area contributed by atoms with Crippen LogP contribution in [0.3, 0.4) is 0 Å². The normalized spacial score (nSPS) is 11.0. The Morgan fingerprint density at radius 1 is 0.457 bits per heavy atom. The monoisotopic (exact) mass is 606 g/mol. The molecule has 46 heavy (non-hydrogen) atoms. The van der Waals surface area contributed by atoms with Crippen molar-refractivity contribution in [1.29, 1.82) is 0 Å². The SMILES string of the molecule is COc1ccc(-c2[nH]c(-c3ccc(-c4[nH+]c(-c5ccc(OC)c([O-])c5)[nH]c4-c4ccccc4)cc3)c(-c3ccccc3)[nH+]2)cc1[O-]. The topological polar surface area (TPSA) is 124 Å². The molecule has 8 nitrogen and oxygen atoms in total. The Bertz CT molecular complexity index is 1980. The van der Waals surface area contributed by atoms with Gasteiger partial charge in [-0.1, -0.05) is 84.3 Å². The number of imidazole rings is 2. The van der Waals surface area contributed by atoms with Crippen molar-refractivity contribution in [2.45, 2.75) is 0 Å². The van der Waals surface area contributed by atoms with E-state index in [1.165, 1.54) is 14.2 Å². The minimum atomic E-state index is -0.187. The van der Waals surface area contributed by atoms with Crippen molar-refractivity contribution in [1.82, 2.24) is 9.97 Å². The second-order valence-corrected chi connectivity index (χ2v) is 10.8. The lowest BCUT2D eigenvalue weighted by Crippen LogP contribution is -2.07. The van der Waals surface area contributed by atoms with Crippen molar-refractivity contribution in [3.63, 3.8) is 0 Å². The van der Waals surface area contributed by atoms with Gasteiger partial charge in [0.05, 0.1) is 25.3 Å². The van der Waals surface area contributed by atoms with E-state index in [1.807, 2.05) is 72.8 Å². The second-order valence-electron chi connectivity index (χ2n) is 10.8. The smallest absolute Gasteiger partial charge is 0.285 e. The molecule has 0 amide bonds. The van der Waals surface area contributed by atoms with Gasteiger partial charge in [0, 0.05) is 22.3 Å². The fourth-order valence-electron chi connectivity index (χ4n) is 5.64. The molecule has 0 spiro atoms. The van der Waals surface area contributed by atoms with Gasteiger partial charge in [0.2, 0.25) is 0 Å². The van der Waals surface area contributed by atoms with Crippen molar-refractivity contribution >= 4 is 0 Å². The van der Waals surface area contributed by atoms with E-state index in [0.717, 1.165) is 56.2 Å². The van der Waals surface area contributed by atoms with Crippen LogP contribution in [0.15, 0.2) is 121 Å². The predicted octanol–water partition coefficient (Wildman–Crippen LogP) is 6.14. The van der Waals surface area contributed by atoms with Gasteiger partial charge < -0.3 is 19.7 Å². The summed E-state index contributed by atoms with van der Waals surface area (Å²) in [5, 5.41) is 25.1. The van der Waals surface area contributed by atoms with E-state index >= 15 is 0 Å². The van der Waals surface area contributed by atoms with Crippen molar-refractivity contribution < 1.29 is 29.7 Å². The van der Waals surface area contributed by atoms with Crippen LogP contribution in [0, 0.1) is 0 Å². The number of hydrogen-bond acceptors (Lipinski definition) is 4. The summed E-state index contributed by atoms with van der Waals surface area (Å²) < 4.78 is 10.3. The molecule has 5 aromatic carbocycles. The Morgan fingerprint density at radius 2 is 0.826 bits per heavy atom. The van der Waals surface area contributed by atoms with Crippen LogP contribution in [0.5, 0.6) is 23.0 Å². The number of ether oxygens (including phenoxy) is 2. The number of methoxy groups -OCH3 is 2. The molecular weight excluding hydrogens is 576 g/mol. The van der Waals surface area contributed by atoms with Gasteiger partial charge in [0.1, 0.15) is 11.5 Å². The van der Waals surface area contributed by atoms with Gasteiger partial charge in [-0.15, -0.1) is 0 Å². The van der Waals surface area contributed by atoms with Gasteiger partial charge in [0.25, 0.3) is 11.6 Å². The maximum Gasteiger partial charge on any atom is 0.285 e. The molecule has 2 heterocycles. The third-order valence-electron chi connectivity index (χ3n) is 7.99. The fraction of sp³-hybridized carbons (Fsp3) is 0.0526. The molecule has 0 atom stereocenters. The number of aromatic nitrogens is 4. The number of hydrogen-bond donors (Lipinski definition) is 2. The average molecular weight is 607 g/mol. The summed E-state index contributed by atoms with van der Waals surface area (Å²) in [5.41, 5.74) is 8.98. The largest absolute Gasteiger partial charge is 0.870 e. The first-order chi connectivity index (χ1) is 22.5. The Hall–Kier alpha value is -6.28. The molecule has 7 rings (SSSR count). The van der Waals surface area contributed by atoms with Crippen LogP contribution < -0.4 is 29.7 Å². The Kier molecular flexibility index (Phi) is 7.44. The Morgan fingerprint density at radius 3 is 1.26 bits per heavy atom. The lowest BCUT2D eigenvalue weighted by Gasteiger charge is -2.11. The molecule has 0 aliphatic rings. The fourth-order valence-corrected chi connectivity index (χ4v) is 5.64. The van der Waals surface area contributed by atoms with Crippen LogP contribution in [0.1, 0.15) is 0 Å². The van der Waals surface area contributed by atoms with Crippen LogP contribution in [0.2, 0.25) is 0 Å². The third-order valence-corrected chi connectivity index (χ3v) is 7.99. The molecule has 4 N–H and O–H groups in total. The molecule has 2 aromatic heterocycles. The van der Waals surface area contributed by atoms with Crippen LogP contribution >= 0.6 is 0 Å². The summed E-state index contributed by atoms with van der Waals surface area (Å²) in [5.74, 6) is 1.65. The van der Waals surface area contributed by atoms with Crippen LogP contribution in [0.4, 0.5) is 0 Å². The number of aromatic amines is 4. The highest BCUT2D eigenvalue weighted by Gasteiger charge is 2.25. The maximum absolute atomic E-state index is 12.5. The maximum atomic E-state index is 12.5. The van der Waals surface area contributed by atoms with Gasteiger partial charge in [-0.2, -0.15) is 0 Å². The zero-order valence-electron chi connectivity index (χ0n) is 25.2. The van der Waals surface area contributed by atoms with Gasteiger partial charge in [-0.25, -0.2) is 19.9 Å². The van der Waals surface area contributed by atoms with E-state index in [-0.39, 0.29) is 11.5 Å². The molecule has 0 saturated carbocycles. The van der Waals surface area contributed by atoms with Crippen molar-refractivity contribution in [2.24, 2.45) is 0 Å². The standard InChI is InChI=1S/C38H30N4O4/c1-45-31-19-17-27(21-29(31)43)37-39-33(23-9-5-3-6-10-23)35(41-37)25-13-15-26(16-14-25)36-34(24-11-7-4-8-12-24)40-38(42-36)28-18-20-32(46-2)30(44)22-28/h3-22,43-44H,1-2H3,(H,39,41)(H,40,42). The summed E-state index contributed by atoms with van der Waals surface area (Å²) in [4.78, 5) is 14.1. The number of rotatable bonds is 8. The quantitative estimate of drug-likeness (QED) is 0.216.